The van der Waals surface area contributed by atoms with Gasteiger partial charge in [0.2, 0.25) is 0 Å². The van der Waals surface area contributed by atoms with Crippen molar-refractivity contribution in [2.24, 2.45) is 0 Å². The normalized spacial score (nSPS) is 14.8. The zero-order chi connectivity index (χ0) is 23.5. The molecule has 0 bridgehead atoms. The molecule has 1 amide bonds. The Morgan fingerprint density at radius 3 is 2.70 bits per heavy atom. The van der Waals surface area contributed by atoms with Crippen molar-refractivity contribution in [1.82, 2.24) is 14.9 Å². The van der Waals surface area contributed by atoms with E-state index in [1.165, 1.54) is 24.5 Å². The van der Waals surface area contributed by atoms with Gasteiger partial charge in [0.05, 0.1) is 16.2 Å². The molecule has 1 saturated heterocycles. The van der Waals surface area contributed by atoms with Crippen molar-refractivity contribution >= 4 is 45.6 Å². The molecule has 1 aliphatic rings. The van der Waals surface area contributed by atoms with E-state index in [2.05, 4.69) is 32.1 Å². The monoisotopic (exact) mass is 473 g/mol. The van der Waals surface area contributed by atoms with Gasteiger partial charge in [0.15, 0.2) is 5.83 Å². The summed E-state index contributed by atoms with van der Waals surface area (Å²) in [5, 5.41) is 6.07. The molecule has 2 N–H and O–H groups in total. The molecule has 10 heteroatoms. The van der Waals surface area contributed by atoms with E-state index in [9.17, 15) is 13.6 Å². The van der Waals surface area contributed by atoms with E-state index in [-0.39, 0.29) is 16.8 Å². The predicted molar refractivity (Wildman–Crippen MR) is 124 cm³/mol. The maximum Gasteiger partial charge on any atom is 0.283 e. The average molecular weight is 474 g/mol. The van der Waals surface area contributed by atoms with Crippen LogP contribution in [0.3, 0.4) is 0 Å². The Labute approximate surface area is 194 Å². The van der Waals surface area contributed by atoms with Gasteiger partial charge in [-0.3, -0.25) is 4.79 Å². The lowest BCUT2D eigenvalue weighted by Gasteiger charge is -2.30. The third kappa shape index (κ3) is 5.37. The molecule has 3 aromatic rings. The molecule has 4 rings (SSSR count). The van der Waals surface area contributed by atoms with Crippen LogP contribution in [0.25, 0.3) is 10.9 Å². The van der Waals surface area contributed by atoms with Crippen LogP contribution in [0.1, 0.15) is 12.8 Å². The second-order valence-electron chi connectivity index (χ2n) is 7.82. The number of carbonyl (C=O) groups is 1. The molecule has 1 aliphatic heterocycles. The zero-order valence-corrected chi connectivity index (χ0v) is 18.6. The van der Waals surface area contributed by atoms with Crippen molar-refractivity contribution in [2.45, 2.75) is 18.9 Å². The molecule has 0 spiro atoms. The minimum Gasteiger partial charge on any atom is -0.488 e. The third-order valence-electron chi connectivity index (χ3n) is 5.37. The largest absolute Gasteiger partial charge is 0.488 e. The van der Waals surface area contributed by atoms with E-state index in [4.69, 9.17) is 16.3 Å². The minimum atomic E-state index is -1.12. The summed E-state index contributed by atoms with van der Waals surface area (Å²) < 4.78 is 33.1. The maximum absolute atomic E-state index is 13.5. The van der Waals surface area contributed by atoms with E-state index < -0.39 is 17.6 Å². The number of halogens is 3. The highest BCUT2D eigenvalue weighted by Gasteiger charge is 2.21. The molecule has 2 aromatic carbocycles. The van der Waals surface area contributed by atoms with Crippen LogP contribution in [-0.4, -0.2) is 47.0 Å². The lowest BCUT2D eigenvalue weighted by Crippen LogP contribution is -2.35. The molecule has 7 nitrogen and oxygen atoms in total. The number of benzene rings is 2. The second-order valence-corrected chi connectivity index (χ2v) is 8.23. The van der Waals surface area contributed by atoms with Crippen molar-refractivity contribution in [2.75, 3.05) is 30.8 Å². The first kappa shape index (κ1) is 22.9. The number of nitrogens with zero attached hydrogens (tertiary/aromatic N) is 3. The number of ether oxygens (including phenoxy) is 1. The Hall–Kier alpha value is -3.30. The Bertz CT molecular complexity index is 1210. The van der Waals surface area contributed by atoms with Gasteiger partial charge in [0.25, 0.3) is 5.91 Å². The standard InChI is InChI=1S/C23H22ClF2N5O2/c1-13(25)23(32)30-20-10-16-19(11-21(20)33-15-5-7-31(2)8-6-15)27-12-28-22(16)29-14-3-4-18(26)17(24)9-14/h3-4,9-12,15H,1,5-8H2,2H3,(H,30,32)(H,27,28,29). The highest BCUT2D eigenvalue weighted by atomic mass is 35.5. The van der Waals surface area contributed by atoms with Crippen molar-refractivity contribution in [1.29, 1.82) is 0 Å². The van der Waals surface area contributed by atoms with Gasteiger partial charge in [-0.05, 0) is 44.2 Å². The number of nitrogens with one attached hydrogen (secondary N) is 2. The van der Waals surface area contributed by atoms with Gasteiger partial charge in [-0.25, -0.2) is 18.7 Å². The van der Waals surface area contributed by atoms with Crippen LogP contribution in [0, 0.1) is 5.82 Å². The van der Waals surface area contributed by atoms with Crippen LogP contribution in [-0.2, 0) is 4.79 Å². The van der Waals surface area contributed by atoms with Gasteiger partial charge in [-0.1, -0.05) is 18.2 Å². The molecule has 1 aromatic heterocycles. The number of amides is 1. The summed E-state index contributed by atoms with van der Waals surface area (Å²) in [4.78, 5) is 22.8. The molecule has 0 radical (unpaired) electrons. The number of anilines is 3. The number of fused-ring (bicyclic) bond motifs is 1. The molecule has 0 atom stereocenters. The summed E-state index contributed by atoms with van der Waals surface area (Å²) in [5.41, 5.74) is 1.32. The lowest BCUT2D eigenvalue weighted by atomic mass is 10.1. The second kappa shape index (κ2) is 9.68. The first-order chi connectivity index (χ1) is 15.8. The summed E-state index contributed by atoms with van der Waals surface area (Å²) in [6.07, 6.45) is 2.96. The Kier molecular flexibility index (Phi) is 6.71. The van der Waals surface area contributed by atoms with Crippen LogP contribution < -0.4 is 15.4 Å². The van der Waals surface area contributed by atoms with Crippen LogP contribution in [0.2, 0.25) is 5.02 Å². The zero-order valence-electron chi connectivity index (χ0n) is 17.9. The van der Waals surface area contributed by atoms with Crippen LogP contribution in [0.4, 0.5) is 26.0 Å². The molecule has 172 valence electrons. The quantitative estimate of drug-likeness (QED) is 0.487. The van der Waals surface area contributed by atoms with E-state index in [0.717, 1.165) is 25.9 Å². The smallest absolute Gasteiger partial charge is 0.283 e. The Morgan fingerprint density at radius 2 is 2.00 bits per heavy atom. The summed E-state index contributed by atoms with van der Waals surface area (Å²) in [5.74, 6) is -1.87. The van der Waals surface area contributed by atoms with Crippen molar-refractivity contribution in [3.63, 3.8) is 0 Å². The third-order valence-corrected chi connectivity index (χ3v) is 5.66. The average Bonchev–Trinajstić information content (AvgIpc) is 2.78. The van der Waals surface area contributed by atoms with Gasteiger partial charge in [-0.15, -0.1) is 0 Å². The van der Waals surface area contributed by atoms with E-state index in [1.807, 2.05) is 7.05 Å². The van der Waals surface area contributed by atoms with E-state index >= 15 is 0 Å². The Morgan fingerprint density at radius 1 is 1.24 bits per heavy atom. The van der Waals surface area contributed by atoms with Crippen LogP contribution in [0.15, 0.2) is 49.1 Å². The first-order valence-electron chi connectivity index (χ1n) is 10.3. The van der Waals surface area contributed by atoms with Gasteiger partial charge in [0, 0.05) is 30.2 Å². The first-order valence-corrected chi connectivity index (χ1v) is 10.7. The molecule has 1 fully saturated rings. The van der Waals surface area contributed by atoms with Crippen LogP contribution >= 0.6 is 11.6 Å². The summed E-state index contributed by atoms with van der Waals surface area (Å²) in [7, 11) is 2.05. The number of hydrogen-bond donors (Lipinski definition) is 2. The number of likely N-dealkylation sites (tertiary alicyclic amines) is 1. The predicted octanol–water partition coefficient (Wildman–Crippen LogP) is 5.06. The maximum atomic E-state index is 13.5. The molecular weight excluding hydrogens is 452 g/mol. The van der Waals surface area contributed by atoms with Gasteiger partial charge >= 0.3 is 0 Å². The fraction of sp³-hybridized carbons (Fsp3) is 0.261. The topological polar surface area (TPSA) is 79.4 Å². The number of carbonyl (C=O) groups excluding carboxylic acids is 1. The van der Waals surface area contributed by atoms with Crippen molar-refractivity contribution in [3.05, 3.63) is 59.9 Å². The number of rotatable bonds is 6. The van der Waals surface area contributed by atoms with Gasteiger partial charge < -0.3 is 20.3 Å². The summed E-state index contributed by atoms with van der Waals surface area (Å²) in [6.45, 7) is 4.82. The molecule has 0 saturated carbocycles. The molecule has 0 unspecified atom stereocenters. The highest BCUT2D eigenvalue weighted by Crippen LogP contribution is 2.35. The minimum absolute atomic E-state index is 0.0402. The Balaban J connectivity index is 1.71. The molecule has 33 heavy (non-hydrogen) atoms. The highest BCUT2D eigenvalue weighted by molar-refractivity contribution is 6.31. The van der Waals surface area contributed by atoms with Gasteiger partial charge in [-0.2, -0.15) is 0 Å². The fourth-order valence-corrected chi connectivity index (χ4v) is 3.74. The summed E-state index contributed by atoms with van der Waals surface area (Å²) >= 11 is 5.87. The number of aromatic nitrogens is 2. The number of hydrogen-bond acceptors (Lipinski definition) is 6. The molecular formula is C23H22ClF2N5O2. The SMILES string of the molecule is C=C(F)C(=O)Nc1cc2c(Nc3ccc(F)c(Cl)c3)ncnc2cc1OC1CCN(C)CC1. The molecule has 0 aliphatic carbocycles. The van der Waals surface area contributed by atoms with Crippen LogP contribution in [0.5, 0.6) is 5.75 Å². The van der Waals surface area contributed by atoms with Crippen molar-refractivity contribution < 1.29 is 18.3 Å². The lowest BCUT2D eigenvalue weighted by molar-refractivity contribution is -0.114. The van der Waals surface area contributed by atoms with E-state index in [1.54, 1.807) is 12.1 Å². The van der Waals surface area contributed by atoms with Crippen molar-refractivity contribution in [3.8, 4) is 5.75 Å². The van der Waals surface area contributed by atoms with Gasteiger partial charge in [0.1, 0.15) is 29.8 Å². The van der Waals surface area contributed by atoms with E-state index in [0.29, 0.717) is 28.2 Å². The fourth-order valence-electron chi connectivity index (χ4n) is 3.56. The molecule has 2 heterocycles. The summed E-state index contributed by atoms with van der Waals surface area (Å²) in [6, 6.07) is 7.46. The number of piperidine rings is 1.